The number of imide groups is 1. The van der Waals surface area contributed by atoms with Gasteiger partial charge in [0.25, 0.3) is 11.8 Å². The van der Waals surface area contributed by atoms with E-state index in [9.17, 15) is 9.59 Å². The lowest BCUT2D eigenvalue weighted by atomic mass is 10.6. The van der Waals surface area contributed by atoms with Gasteiger partial charge >= 0.3 is 7.82 Å². The Labute approximate surface area is 66.9 Å². The Morgan fingerprint density at radius 1 is 1.08 bits per heavy atom. The lowest BCUT2D eigenvalue weighted by Gasteiger charge is -1.82. The zero-order valence-corrected chi connectivity index (χ0v) is 6.56. The Hall–Kier alpha value is -1.01. The van der Waals surface area contributed by atoms with Crippen LogP contribution in [0.15, 0.2) is 12.2 Å². The molecule has 1 rings (SSSR count). The summed E-state index contributed by atoms with van der Waals surface area (Å²) in [4.78, 5) is 41.6. The van der Waals surface area contributed by atoms with E-state index in [1.807, 2.05) is 5.32 Å². The molecule has 68 valence electrons. The van der Waals surface area contributed by atoms with Crippen LogP contribution in [0.3, 0.4) is 0 Å². The third-order valence-corrected chi connectivity index (χ3v) is 0.632. The van der Waals surface area contributed by atoms with Crippen molar-refractivity contribution in [1.82, 2.24) is 5.32 Å². The minimum atomic E-state index is -4.64. The molecule has 2 amide bonds. The Morgan fingerprint density at radius 2 is 1.33 bits per heavy atom. The first-order valence-electron chi connectivity index (χ1n) is 2.60. The number of hydrogen-bond donors (Lipinski definition) is 4. The van der Waals surface area contributed by atoms with Crippen molar-refractivity contribution in [3.05, 3.63) is 12.2 Å². The fourth-order valence-corrected chi connectivity index (χ4v) is 0.356. The molecule has 0 aromatic carbocycles. The van der Waals surface area contributed by atoms with E-state index in [-0.39, 0.29) is 11.8 Å². The quantitative estimate of drug-likeness (QED) is 0.269. The smallest absolute Gasteiger partial charge is 0.303 e. The molecule has 1 aliphatic rings. The molecule has 0 atom stereocenters. The van der Waals surface area contributed by atoms with E-state index in [1.165, 1.54) is 12.2 Å². The normalized spacial score (nSPS) is 15.2. The highest BCUT2D eigenvalue weighted by Gasteiger charge is 2.06. The van der Waals surface area contributed by atoms with Crippen LogP contribution < -0.4 is 5.32 Å². The van der Waals surface area contributed by atoms with Gasteiger partial charge in [0, 0.05) is 12.2 Å². The van der Waals surface area contributed by atoms with Crippen molar-refractivity contribution in [2.24, 2.45) is 0 Å². The number of carbonyl (C=O) groups excluding carboxylic acids is 2. The summed E-state index contributed by atoms with van der Waals surface area (Å²) in [6.45, 7) is 0. The van der Waals surface area contributed by atoms with Crippen molar-refractivity contribution in [1.29, 1.82) is 0 Å². The van der Waals surface area contributed by atoms with Crippen LogP contribution in [0.25, 0.3) is 0 Å². The van der Waals surface area contributed by atoms with Crippen molar-refractivity contribution < 1.29 is 28.8 Å². The van der Waals surface area contributed by atoms with Gasteiger partial charge in [0.15, 0.2) is 0 Å². The molecule has 1 heterocycles. The summed E-state index contributed by atoms with van der Waals surface area (Å²) < 4.78 is 8.88. The molecule has 0 aliphatic carbocycles. The summed E-state index contributed by atoms with van der Waals surface area (Å²) in [5.41, 5.74) is 0. The average molecular weight is 195 g/mol. The van der Waals surface area contributed by atoms with Crippen LogP contribution in [-0.4, -0.2) is 26.5 Å². The van der Waals surface area contributed by atoms with Crippen LogP contribution in [0, 0.1) is 0 Å². The third kappa shape index (κ3) is 8.99. The molecule has 0 fully saturated rings. The first-order chi connectivity index (χ1) is 5.29. The van der Waals surface area contributed by atoms with E-state index in [1.54, 1.807) is 0 Å². The number of nitrogens with one attached hydrogen (secondary N) is 1. The molecule has 0 aromatic rings. The fourth-order valence-electron chi connectivity index (χ4n) is 0.356. The van der Waals surface area contributed by atoms with Gasteiger partial charge in [-0.15, -0.1) is 0 Å². The first kappa shape index (κ1) is 11.0. The Kier molecular flexibility index (Phi) is 3.78. The highest BCUT2D eigenvalue weighted by Crippen LogP contribution is 2.25. The maximum atomic E-state index is 10.0. The van der Waals surface area contributed by atoms with E-state index in [0.717, 1.165) is 0 Å². The molecule has 0 spiro atoms. The van der Waals surface area contributed by atoms with Crippen LogP contribution in [0.2, 0.25) is 0 Å². The van der Waals surface area contributed by atoms with Crippen molar-refractivity contribution in [3.8, 4) is 0 Å². The second kappa shape index (κ2) is 4.13. The largest absolute Gasteiger partial charge is 0.466 e. The van der Waals surface area contributed by atoms with Crippen molar-refractivity contribution >= 4 is 19.6 Å². The number of carbonyl (C=O) groups is 2. The number of amides is 2. The minimum absolute atomic E-state index is 0.329. The van der Waals surface area contributed by atoms with Gasteiger partial charge in [-0.1, -0.05) is 0 Å². The van der Waals surface area contributed by atoms with Gasteiger partial charge in [0.05, 0.1) is 0 Å². The third-order valence-electron chi connectivity index (χ3n) is 0.632. The summed E-state index contributed by atoms with van der Waals surface area (Å²) in [5, 5.41) is 2.03. The molecule has 4 N–H and O–H groups in total. The topological polar surface area (TPSA) is 124 Å². The molecule has 7 nitrogen and oxygen atoms in total. The van der Waals surface area contributed by atoms with Gasteiger partial charge in [-0.25, -0.2) is 4.57 Å². The first-order valence-corrected chi connectivity index (χ1v) is 4.17. The van der Waals surface area contributed by atoms with Crippen molar-refractivity contribution in [2.75, 3.05) is 0 Å². The molecule has 0 bridgehead atoms. The van der Waals surface area contributed by atoms with Crippen LogP contribution >= 0.6 is 7.82 Å². The highest BCUT2D eigenvalue weighted by atomic mass is 31.2. The molecular weight excluding hydrogens is 189 g/mol. The summed E-state index contributed by atoms with van der Waals surface area (Å²) in [7, 11) is -4.64. The predicted octanol–water partition coefficient (Wildman–Crippen LogP) is -1.73. The van der Waals surface area contributed by atoms with Crippen LogP contribution in [0.4, 0.5) is 0 Å². The number of rotatable bonds is 0. The summed E-state index contributed by atoms with van der Waals surface area (Å²) in [6, 6.07) is 0. The lowest BCUT2D eigenvalue weighted by Crippen LogP contribution is -2.19. The molecule has 0 unspecified atom stereocenters. The Balaban J connectivity index is 0.000000217. The minimum Gasteiger partial charge on any atom is -0.303 e. The van der Waals surface area contributed by atoms with Gasteiger partial charge in [-0.05, 0) is 0 Å². The zero-order chi connectivity index (χ0) is 9.78. The van der Waals surface area contributed by atoms with Gasteiger partial charge < -0.3 is 14.7 Å². The molecule has 0 saturated heterocycles. The second-order valence-corrected chi connectivity index (χ2v) is 2.73. The van der Waals surface area contributed by atoms with Crippen LogP contribution in [-0.2, 0) is 14.2 Å². The zero-order valence-electron chi connectivity index (χ0n) is 5.67. The van der Waals surface area contributed by atoms with E-state index in [2.05, 4.69) is 0 Å². The van der Waals surface area contributed by atoms with Crippen LogP contribution in [0.1, 0.15) is 0 Å². The summed E-state index contributed by atoms with van der Waals surface area (Å²) in [5.74, 6) is -0.657. The van der Waals surface area contributed by atoms with Crippen molar-refractivity contribution in [2.45, 2.75) is 0 Å². The Bertz CT molecular complexity index is 240. The van der Waals surface area contributed by atoms with Gasteiger partial charge in [-0.3, -0.25) is 14.9 Å². The molecule has 1 aliphatic heterocycles. The van der Waals surface area contributed by atoms with Gasteiger partial charge in [-0.2, -0.15) is 0 Å². The molecular formula is C4H6NO6P. The van der Waals surface area contributed by atoms with E-state index in [0.29, 0.717) is 0 Å². The maximum Gasteiger partial charge on any atom is 0.466 e. The SMILES string of the molecule is O=C1C=CC(=O)N1.O=P(O)(O)O. The number of hydrogen-bond acceptors (Lipinski definition) is 3. The van der Waals surface area contributed by atoms with Gasteiger partial charge in [0.2, 0.25) is 0 Å². The highest BCUT2D eigenvalue weighted by molar-refractivity contribution is 7.45. The van der Waals surface area contributed by atoms with Crippen molar-refractivity contribution in [3.63, 3.8) is 0 Å². The standard InChI is InChI=1S/C4H3NO2.H3O4P/c6-3-1-2-4(7)5-3;1-5(2,3)4/h1-2H,(H,5,6,7);(H3,1,2,3,4). The molecule has 12 heavy (non-hydrogen) atoms. The summed E-state index contributed by atoms with van der Waals surface area (Å²) >= 11 is 0. The van der Waals surface area contributed by atoms with Gasteiger partial charge in [0.1, 0.15) is 0 Å². The van der Waals surface area contributed by atoms with E-state index >= 15 is 0 Å². The predicted molar refractivity (Wildman–Crippen MR) is 36.6 cm³/mol. The molecule has 0 aromatic heterocycles. The fraction of sp³-hybridized carbons (Fsp3) is 0. The molecule has 0 radical (unpaired) electrons. The Morgan fingerprint density at radius 3 is 1.42 bits per heavy atom. The monoisotopic (exact) mass is 195 g/mol. The number of phosphoric acid groups is 1. The van der Waals surface area contributed by atoms with Crippen LogP contribution in [0.5, 0.6) is 0 Å². The molecule has 0 saturated carbocycles. The maximum absolute atomic E-state index is 10.0. The second-order valence-electron chi connectivity index (χ2n) is 1.70. The lowest BCUT2D eigenvalue weighted by molar-refractivity contribution is -0.123. The molecule has 8 heteroatoms. The summed E-state index contributed by atoms with van der Waals surface area (Å²) in [6.07, 6.45) is 2.39. The average Bonchev–Trinajstić information content (AvgIpc) is 2.09. The van der Waals surface area contributed by atoms with E-state index in [4.69, 9.17) is 19.2 Å². The van der Waals surface area contributed by atoms with E-state index < -0.39 is 7.82 Å².